The molecule has 4 heteroatoms. The highest BCUT2D eigenvalue weighted by atomic mass is 16.2. The van der Waals surface area contributed by atoms with Crippen molar-refractivity contribution in [2.45, 2.75) is 64.1 Å². The molecule has 1 fully saturated rings. The van der Waals surface area contributed by atoms with Crippen LogP contribution in [-0.4, -0.2) is 23.7 Å². The molecule has 0 saturated heterocycles. The van der Waals surface area contributed by atoms with Crippen molar-refractivity contribution in [3.05, 3.63) is 0 Å². The fourth-order valence-electron chi connectivity index (χ4n) is 1.88. The van der Waals surface area contributed by atoms with Crippen LogP contribution in [0, 0.1) is 0 Å². The third-order valence-corrected chi connectivity index (χ3v) is 2.62. The van der Waals surface area contributed by atoms with E-state index in [1.165, 1.54) is 6.42 Å². The van der Waals surface area contributed by atoms with Gasteiger partial charge in [0.05, 0.1) is 0 Å². The number of amides is 2. The van der Waals surface area contributed by atoms with Crippen molar-refractivity contribution < 1.29 is 4.79 Å². The van der Waals surface area contributed by atoms with Gasteiger partial charge in [0, 0.05) is 17.6 Å². The summed E-state index contributed by atoms with van der Waals surface area (Å²) in [6.07, 6.45) is 4.35. The Hall–Kier alpha value is -0.770. The molecule has 0 unspecified atom stereocenters. The van der Waals surface area contributed by atoms with E-state index in [1.807, 2.05) is 20.8 Å². The molecule has 0 bridgehead atoms. The zero-order valence-corrected chi connectivity index (χ0v) is 9.97. The molecule has 1 aliphatic rings. The molecule has 4 N–H and O–H groups in total. The second-order valence-electron chi connectivity index (χ2n) is 5.40. The standard InChI is InChI=1S/C11H23N3O/c1-11(2,3)14-10(15)13-9-7-5-4-6-8(9)12/h8-9H,4-7,12H2,1-3H3,(H2,13,14,15)/t8-,9-/m1/s1. The molecule has 0 aromatic carbocycles. The molecule has 0 aliphatic heterocycles. The predicted molar refractivity (Wildman–Crippen MR) is 61.7 cm³/mol. The lowest BCUT2D eigenvalue weighted by atomic mass is 9.91. The van der Waals surface area contributed by atoms with Crippen LogP contribution in [0.4, 0.5) is 4.79 Å². The number of rotatable bonds is 1. The Kier molecular flexibility index (Phi) is 3.97. The molecule has 0 heterocycles. The number of hydrogen-bond acceptors (Lipinski definition) is 2. The van der Waals surface area contributed by atoms with Gasteiger partial charge in [0.25, 0.3) is 0 Å². The van der Waals surface area contributed by atoms with Gasteiger partial charge in [-0.15, -0.1) is 0 Å². The van der Waals surface area contributed by atoms with Crippen molar-refractivity contribution in [1.29, 1.82) is 0 Å². The minimum atomic E-state index is -0.192. The first kappa shape index (κ1) is 12.3. The van der Waals surface area contributed by atoms with Gasteiger partial charge in [0.1, 0.15) is 0 Å². The van der Waals surface area contributed by atoms with E-state index in [2.05, 4.69) is 10.6 Å². The number of hydrogen-bond donors (Lipinski definition) is 3. The molecule has 1 saturated carbocycles. The van der Waals surface area contributed by atoms with E-state index in [-0.39, 0.29) is 23.7 Å². The Labute approximate surface area is 92.0 Å². The average Bonchev–Trinajstić information content (AvgIpc) is 2.05. The number of carbonyl (C=O) groups is 1. The zero-order valence-electron chi connectivity index (χ0n) is 9.97. The third-order valence-electron chi connectivity index (χ3n) is 2.62. The first-order valence-corrected chi connectivity index (χ1v) is 5.73. The van der Waals surface area contributed by atoms with Crippen molar-refractivity contribution >= 4 is 6.03 Å². The molecule has 0 aromatic rings. The SMILES string of the molecule is CC(C)(C)NC(=O)N[C@@H]1CCCC[C@H]1N. The van der Waals surface area contributed by atoms with E-state index in [0.29, 0.717) is 0 Å². The van der Waals surface area contributed by atoms with Gasteiger partial charge in [-0.25, -0.2) is 4.79 Å². The fraction of sp³-hybridized carbons (Fsp3) is 0.909. The average molecular weight is 213 g/mol. The summed E-state index contributed by atoms with van der Waals surface area (Å²) in [5, 5.41) is 5.83. The van der Waals surface area contributed by atoms with Crippen LogP contribution in [0.25, 0.3) is 0 Å². The molecular formula is C11H23N3O. The maximum Gasteiger partial charge on any atom is 0.315 e. The van der Waals surface area contributed by atoms with Crippen LogP contribution in [0.15, 0.2) is 0 Å². The monoisotopic (exact) mass is 213 g/mol. The van der Waals surface area contributed by atoms with Crippen LogP contribution >= 0.6 is 0 Å². The van der Waals surface area contributed by atoms with Gasteiger partial charge >= 0.3 is 6.03 Å². The molecule has 2 atom stereocenters. The lowest BCUT2D eigenvalue weighted by Gasteiger charge is -2.31. The van der Waals surface area contributed by atoms with Gasteiger partial charge < -0.3 is 16.4 Å². The van der Waals surface area contributed by atoms with Crippen LogP contribution < -0.4 is 16.4 Å². The second-order valence-corrected chi connectivity index (χ2v) is 5.40. The summed E-state index contributed by atoms with van der Waals surface area (Å²) in [6, 6.07) is 0.149. The molecule has 0 aromatic heterocycles. The highest BCUT2D eigenvalue weighted by Crippen LogP contribution is 2.16. The van der Waals surface area contributed by atoms with Crippen LogP contribution in [0.5, 0.6) is 0 Å². The van der Waals surface area contributed by atoms with Crippen molar-refractivity contribution in [2.24, 2.45) is 5.73 Å². The Morgan fingerprint density at radius 2 is 1.87 bits per heavy atom. The summed E-state index contributed by atoms with van der Waals surface area (Å²) in [6.45, 7) is 5.90. The summed E-state index contributed by atoms with van der Waals surface area (Å²) in [7, 11) is 0. The topological polar surface area (TPSA) is 67.2 Å². The normalized spacial score (nSPS) is 27.2. The van der Waals surface area contributed by atoms with Gasteiger partial charge in [-0.1, -0.05) is 12.8 Å². The van der Waals surface area contributed by atoms with E-state index < -0.39 is 0 Å². The molecule has 4 nitrogen and oxygen atoms in total. The van der Waals surface area contributed by atoms with E-state index in [4.69, 9.17) is 5.73 Å². The van der Waals surface area contributed by atoms with Gasteiger partial charge in [0.15, 0.2) is 0 Å². The molecular weight excluding hydrogens is 190 g/mol. The highest BCUT2D eigenvalue weighted by molar-refractivity contribution is 5.75. The summed E-state index contributed by atoms with van der Waals surface area (Å²) < 4.78 is 0. The first-order chi connectivity index (χ1) is 6.88. The highest BCUT2D eigenvalue weighted by Gasteiger charge is 2.24. The summed E-state index contributed by atoms with van der Waals surface area (Å²) in [4.78, 5) is 11.6. The maximum absolute atomic E-state index is 11.6. The minimum absolute atomic E-state index is 0.107. The van der Waals surface area contributed by atoms with Crippen molar-refractivity contribution in [3.63, 3.8) is 0 Å². The lowest BCUT2D eigenvalue weighted by molar-refractivity contribution is 0.220. The van der Waals surface area contributed by atoms with Crippen molar-refractivity contribution in [2.75, 3.05) is 0 Å². The van der Waals surface area contributed by atoms with Crippen LogP contribution in [0.1, 0.15) is 46.5 Å². The predicted octanol–water partition coefficient (Wildman–Crippen LogP) is 1.35. The Bertz CT molecular complexity index is 222. The number of carbonyl (C=O) groups excluding carboxylic acids is 1. The van der Waals surface area contributed by atoms with Gasteiger partial charge in [-0.05, 0) is 33.6 Å². The summed E-state index contributed by atoms with van der Waals surface area (Å²) >= 11 is 0. The van der Waals surface area contributed by atoms with Crippen LogP contribution in [0.2, 0.25) is 0 Å². The van der Waals surface area contributed by atoms with E-state index in [9.17, 15) is 4.79 Å². The van der Waals surface area contributed by atoms with Crippen LogP contribution in [-0.2, 0) is 0 Å². The van der Waals surface area contributed by atoms with E-state index >= 15 is 0 Å². The van der Waals surface area contributed by atoms with Gasteiger partial charge in [-0.2, -0.15) is 0 Å². The maximum atomic E-state index is 11.6. The molecule has 2 amide bonds. The quantitative estimate of drug-likeness (QED) is 0.615. The van der Waals surface area contributed by atoms with Crippen molar-refractivity contribution in [3.8, 4) is 0 Å². The Morgan fingerprint density at radius 1 is 1.27 bits per heavy atom. The molecule has 1 aliphatic carbocycles. The number of urea groups is 1. The lowest BCUT2D eigenvalue weighted by Crippen LogP contribution is -2.55. The minimum Gasteiger partial charge on any atom is -0.334 e. The first-order valence-electron chi connectivity index (χ1n) is 5.73. The summed E-state index contributed by atoms with van der Waals surface area (Å²) in [5.74, 6) is 0. The van der Waals surface area contributed by atoms with E-state index in [0.717, 1.165) is 19.3 Å². The molecule has 15 heavy (non-hydrogen) atoms. The molecule has 0 spiro atoms. The van der Waals surface area contributed by atoms with Gasteiger partial charge in [-0.3, -0.25) is 0 Å². The van der Waals surface area contributed by atoms with Crippen LogP contribution in [0.3, 0.4) is 0 Å². The largest absolute Gasteiger partial charge is 0.334 e. The number of nitrogens with one attached hydrogen (secondary N) is 2. The van der Waals surface area contributed by atoms with Gasteiger partial charge in [0.2, 0.25) is 0 Å². The van der Waals surface area contributed by atoms with E-state index in [1.54, 1.807) is 0 Å². The summed E-state index contributed by atoms with van der Waals surface area (Å²) in [5.41, 5.74) is 5.76. The molecule has 88 valence electrons. The third kappa shape index (κ3) is 4.51. The molecule has 0 radical (unpaired) electrons. The molecule has 1 rings (SSSR count). The number of nitrogens with two attached hydrogens (primary N) is 1. The van der Waals surface area contributed by atoms with Crippen molar-refractivity contribution in [1.82, 2.24) is 10.6 Å². The smallest absolute Gasteiger partial charge is 0.315 e. The Balaban J connectivity index is 2.36. The fourth-order valence-corrected chi connectivity index (χ4v) is 1.88. The second kappa shape index (κ2) is 4.84. The Morgan fingerprint density at radius 3 is 2.40 bits per heavy atom. The zero-order chi connectivity index (χ0) is 11.5.